The van der Waals surface area contributed by atoms with Gasteiger partial charge in [-0.1, -0.05) is 12.1 Å². The van der Waals surface area contributed by atoms with Gasteiger partial charge in [0.2, 0.25) is 0 Å². The number of carbonyl (C=O) groups is 3. The summed E-state index contributed by atoms with van der Waals surface area (Å²) in [4.78, 5) is 37.2. The van der Waals surface area contributed by atoms with E-state index in [1.807, 2.05) is 0 Å². The highest BCUT2D eigenvalue weighted by atomic mass is 32.2. The second kappa shape index (κ2) is 9.25. The van der Waals surface area contributed by atoms with Gasteiger partial charge in [0, 0.05) is 12.7 Å². The lowest BCUT2D eigenvalue weighted by Crippen LogP contribution is -2.31. The standard InChI is InChI=1S/C17H19NO7S/c1-22-8-7-18-16(20)13(26-17(18)21)9-11-5-4-6-12(23-2)15(11)25-10-14(19)24-3/h4-6,9H,7-8,10H2,1-3H3/b13-9+. The Labute approximate surface area is 155 Å². The van der Waals surface area contributed by atoms with Crippen LogP contribution in [0.2, 0.25) is 0 Å². The summed E-state index contributed by atoms with van der Waals surface area (Å²) < 4.78 is 20.2. The highest BCUT2D eigenvalue weighted by molar-refractivity contribution is 8.18. The molecule has 1 heterocycles. The Morgan fingerprint density at radius 2 is 2.00 bits per heavy atom. The smallest absolute Gasteiger partial charge is 0.343 e. The SMILES string of the molecule is COCCN1C(=O)S/C(=C/c2cccc(OC)c2OCC(=O)OC)C1=O. The number of carbonyl (C=O) groups excluding carboxylic acids is 3. The molecule has 8 nitrogen and oxygen atoms in total. The quantitative estimate of drug-likeness (QED) is 0.498. The minimum absolute atomic E-state index is 0.183. The van der Waals surface area contributed by atoms with E-state index in [2.05, 4.69) is 4.74 Å². The summed E-state index contributed by atoms with van der Waals surface area (Å²) in [5, 5.41) is -0.363. The van der Waals surface area contributed by atoms with Crippen molar-refractivity contribution in [2.24, 2.45) is 0 Å². The average molecular weight is 381 g/mol. The molecule has 0 atom stereocenters. The van der Waals surface area contributed by atoms with Crippen LogP contribution < -0.4 is 9.47 Å². The fourth-order valence-corrected chi connectivity index (χ4v) is 3.02. The molecule has 9 heteroatoms. The predicted octanol–water partition coefficient (Wildman–Crippen LogP) is 1.93. The number of nitrogens with zero attached hydrogens (tertiary/aromatic N) is 1. The summed E-state index contributed by atoms with van der Waals surface area (Å²) in [6.45, 7) is 0.132. The lowest BCUT2D eigenvalue weighted by atomic mass is 10.1. The van der Waals surface area contributed by atoms with Crippen molar-refractivity contribution in [1.82, 2.24) is 4.90 Å². The molecule has 1 fully saturated rings. The van der Waals surface area contributed by atoms with Crippen molar-refractivity contribution in [1.29, 1.82) is 0 Å². The molecule has 140 valence electrons. The van der Waals surface area contributed by atoms with Crippen LogP contribution in [0.25, 0.3) is 6.08 Å². The van der Waals surface area contributed by atoms with Crippen LogP contribution in [0.1, 0.15) is 5.56 Å². The molecule has 26 heavy (non-hydrogen) atoms. The van der Waals surface area contributed by atoms with Crippen LogP contribution in [-0.4, -0.2) is 63.1 Å². The van der Waals surface area contributed by atoms with Gasteiger partial charge in [0.25, 0.3) is 11.1 Å². The van der Waals surface area contributed by atoms with Gasteiger partial charge in [-0.3, -0.25) is 14.5 Å². The zero-order valence-electron chi connectivity index (χ0n) is 14.6. The molecule has 0 aromatic heterocycles. The van der Waals surface area contributed by atoms with Crippen LogP contribution >= 0.6 is 11.8 Å². The second-order valence-electron chi connectivity index (χ2n) is 5.07. The number of hydrogen-bond acceptors (Lipinski definition) is 8. The minimum atomic E-state index is -0.554. The van der Waals surface area contributed by atoms with Gasteiger partial charge in [0.1, 0.15) is 0 Å². The second-order valence-corrected chi connectivity index (χ2v) is 6.06. The Morgan fingerprint density at radius 1 is 1.23 bits per heavy atom. The molecule has 0 spiro atoms. The number of esters is 1. The van der Waals surface area contributed by atoms with Crippen molar-refractivity contribution in [2.75, 3.05) is 41.1 Å². The Balaban J connectivity index is 2.30. The molecule has 1 aromatic rings. The number of thioether (sulfide) groups is 1. The van der Waals surface area contributed by atoms with E-state index in [1.54, 1.807) is 18.2 Å². The summed E-state index contributed by atoms with van der Waals surface area (Å²) in [5.41, 5.74) is 0.505. The lowest BCUT2D eigenvalue weighted by molar-refractivity contribution is -0.143. The first-order chi connectivity index (χ1) is 12.5. The number of rotatable bonds is 8. The number of imide groups is 1. The summed E-state index contributed by atoms with van der Waals surface area (Å²) in [6.07, 6.45) is 1.53. The molecular weight excluding hydrogens is 362 g/mol. The van der Waals surface area contributed by atoms with E-state index >= 15 is 0 Å². The molecule has 0 aliphatic carbocycles. The molecule has 2 rings (SSSR count). The van der Waals surface area contributed by atoms with Crippen LogP contribution in [0.4, 0.5) is 4.79 Å². The van der Waals surface area contributed by atoms with Crippen molar-refractivity contribution in [2.45, 2.75) is 0 Å². The van der Waals surface area contributed by atoms with E-state index in [0.717, 1.165) is 16.7 Å². The van der Waals surface area contributed by atoms with Gasteiger partial charge in [0.15, 0.2) is 18.1 Å². The van der Waals surface area contributed by atoms with Crippen LogP contribution in [0, 0.1) is 0 Å². The molecule has 0 unspecified atom stereocenters. The minimum Gasteiger partial charge on any atom is -0.493 e. The molecule has 0 saturated carbocycles. The van der Waals surface area contributed by atoms with Crippen molar-refractivity contribution >= 4 is 35.0 Å². The summed E-state index contributed by atoms with van der Waals surface area (Å²) >= 11 is 0.833. The third-order valence-electron chi connectivity index (χ3n) is 3.47. The Hall–Kier alpha value is -2.52. The molecule has 0 N–H and O–H groups in total. The molecular formula is C17H19NO7S. The van der Waals surface area contributed by atoms with Gasteiger partial charge < -0.3 is 18.9 Å². The Bertz CT molecular complexity index is 732. The summed E-state index contributed by atoms with van der Waals surface area (Å²) in [6, 6.07) is 5.07. The largest absolute Gasteiger partial charge is 0.493 e. The van der Waals surface area contributed by atoms with E-state index < -0.39 is 11.9 Å². The first-order valence-corrected chi connectivity index (χ1v) is 8.44. The van der Waals surface area contributed by atoms with Gasteiger partial charge in [0.05, 0.1) is 32.3 Å². The van der Waals surface area contributed by atoms with Crippen LogP contribution in [0.5, 0.6) is 11.5 Å². The number of hydrogen-bond donors (Lipinski definition) is 0. The van der Waals surface area contributed by atoms with Crippen molar-refractivity contribution in [3.8, 4) is 11.5 Å². The van der Waals surface area contributed by atoms with Crippen molar-refractivity contribution < 1.29 is 33.3 Å². The van der Waals surface area contributed by atoms with E-state index in [4.69, 9.17) is 14.2 Å². The topological polar surface area (TPSA) is 91.4 Å². The van der Waals surface area contributed by atoms with Crippen LogP contribution in [0.3, 0.4) is 0 Å². The maximum absolute atomic E-state index is 12.4. The van der Waals surface area contributed by atoms with Gasteiger partial charge in [-0.25, -0.2) is 4.79 Å². The molecule has 1 aliphatic rings. The maximum atomic E-state index is 12.4. The van der Waals surface area contributed by atoms with Gasteiger partial charge in [-0.2, -0.15) is 0 Å². The number of amides is 2. The average Bonchev–Trinajstić information content (AvgIpc) is 2.91. The molecule has 1 aliphatic heterocycles. The van der Waals surface area contributed by atoms with Gasteiger partial charge >= 0.3 is 5.97 Å². The molecule has 1 aromatic carbocycles. The highest BCUT2D eigenvalue weighted by Crippen LogP contribution is 2.37. The highest BCUT2D eigenvalue weighted by Gasteiger charge is 2.34. The predicted molar refractivity (Wildman–Crippen MR) is 95.1 cm³/mol. The number of methoxy groups -OCH3 is 3. The maximum Gasteiger partial charge on any atom is 0.343 e. The van der Waals surface area contributed by atoms with E-state index in [-0.39, 0.29) is 35.7 Å². The zero-order valence-corrected chi connectivity index (χ0v) is 15.5. The van der Waals surface area contributed by atoms with E-state index in [1.165, 1.54) is 27.4 Å². The lowest BCUT2D eigenvalue weighted by Gasteiger charge is -2.13. The van der Waals surface area contributed by atoms with Crippen LogP contribution in [0.15, 0.2) is 23.1 Å². The normalized spacial score (nSPS) is 15.5. The fourth-order valence-electron chi connectivity index (χ4n) is 2.17. The zero-order chi connectivity index (χ0) is 19.1. The fraction of sp³-hybridized carbons (Fsp3) is 0.353. The number of ether oxygens (including phenoxy) is 4. The first-order valence-electron chi connectivity index (χ1n) is 7.62. The third kappa shape index (κ3) is 4.55. The van der Waals surface area contributed by atoms with Gasteiger partial charge in [-0.05, 0) is 23.9 Å². The summed E-state index contributed by atoms with van der Waals surface area (Å²) in [5.74, 6) is -0.286. The van der Waals surface area contributed by atoms with Gasteiger partial charge in [-0.15, -0.1) is 0 Å². The first kappa shape index (κ1) is 19.8. The number of benzene rings is 1. The number of para-hydroxylation sites is 1. The Kier molecular flexibility index (Phi) is 7.05. The van der Waals surface area contributed by atoms with E-state index in [0.29, 0.717) is 11.3 Å². The molecule has 0 radical (unpaired) electrons. The Morgan fingerprint density at radius 3 is 2.65 bits per heavy atom. The third-order valence-corrected chi connectivity index (χ3v) is 4.38. The van der Waals surface area contributed by atoms with E-state index in [9.17, 15) is 14.4 Å². The molecule has 2 amide bonds. The van der Waals surface area contributed by atoms with Crippen molar-refractivity contribution in [3.05, 3.63) is 28.7 Å². The van der Waals surface area contributed by atoms with Crippen molar-refractivity contribution in [3.63, 3.8) is 0 Å². The molecule has 1 saturated heterocycles. The van der Waals surface area contributed by atoms with Crippen LogP contribution in [-0.2, 0) is 19.1 Å². The monoisotopic (exact) mass is 381 g/mol. The molecule has 0 bridgehead atoms. The summed E-state index contributed by atoms with van der Waals surface area (Å²) in [7, 11) is 4.21.